The summed E-state index contributed by atoms with van der Waals surface area (Å²) in [6.07, 6.45) is 0.315. The summed E-state index contributed by atoms with van der Waals surface area (Å²) in [6.45, 7) is 6.45. The van der Waals surface area contributed by atoms with Crippen LogP contribution in [0.4, 0.5) is 15.6 Å². The number of anilines is 2. The standard InChI is InChI=1S/C21H24N4O4S2/c1-21(2,3)29-20(28)25-9-8-13-16(11-25)31-19(23-13)24-17(26)10-15-18(27)22-12-6-4-5-7-14(12)30-15/h4-7,15H,8-11H2,1-3H3,(H,22,27)(H,23,24,26). The van der Waals surface area contributed by atoms with Crippen LogP contribution in [0.2, 0.25) is 0 Å². The maximum atomic E-state index is 12.6. The molecule has 4 rings (SSSR count). The molecule has 2 aliphatic rings. The number of benzene rings is 1. The van der Waals surface area contributed by atoms with E-state index in [4.69, 9.17) is 4.74 Å². The minimum absolute atomic E-state index is 0.0547. The number of nitrogens with zero attached hydrogens (tertiary/aromatic N) is 2. The SMILES string of the molecule is CC(C)(C)OC(=O)N1CCc2nc(NC(=O)CC3Sc4ccccc4NC3=O)sc2C1. The number of fused-ring (bicyclic) bond motifs is 2. The van der Waals surface area contributed by atoms with Crippen molar-refractivity contribution in [2.75, 3.05) is 17.2 Å². The van der Waals surface area contributed by atoms with Gasteiger partial charge in [-0.05, 0) is 32.9 Å². The molecule has 0 bridgehead atoms. The van der Waals surface area contributed by atoms with Crippen molar-refractivity contribution in [3.63, 3.8) is 0 Å². The van der Waals surface area contributed by atoms with Gasteiger partial charge < -0.3 is 20.3 Å². The zero-order valence-corrected chi connectivity index (χ0v) is 19.2. The van der Waals surface area contributed by atoms with Crippen LogP contribution in [0.5, 0.6) is 0 Å². The first kappa shape index (κ1) is 21.6. The van der Waals surface area contributed by atoms with Gasteiger partial charge in [-0.25, -0.2) is 9.78 Å². The Morgan fingerprint density at radius 3 is 2.87 bits per heavy atom. The molecular formula is C21H24N4O4S2. The van der Waals surface area contributed by atoms with Crippen molar-refractivity contribution in [1.29, 1.82) is 0 Å². The number of para-hydroxylation sites is 1. The fraction of sp³-hybridized carbons (Fsp3) is 0.429. The van der Waals surface area contributed by atoms with Crippen molar-refractivity contribution >= 4 is 51.8 Å². The van der Waals surface area contributed by atoms with Crippen molar-refractivity contribution in [3.8, 4) is 0 Å². The fourth-order valence-electron chi connectivity index (χ4n) is 3.30. The Kier molecular flexibility index (Phi) is 5.94. The van der Waals surface area contributed by atoms with Crippen LogP contribution < -0.4 is 10.6 Å². The number of amides is 3. The van der Waals surface area contributed by atoms with E-state index in [9.17, 15) is 14.4 Å². The lowest BCUT2D eigenvalue weighted by atomic mass is 10.2. The van der Waals surface area contributed by atoms with Crippen LogP contribution in [-0.4, -0.2) is 45.2 Å². The molecule has 1 aromatic carbocycles. The van der Waals surface area contributed by atoms with E-state index in [2.05, 4.69) is 15.6 Å². The number of thiazole rings is 1. The Balaban J connectivity index is 1.35. The smallest absolute Gasteiger partial charge is 0.410 e. The Bertz CT molecular complexity index is 1030. The highest BCUT2D eigenvalue weighted by Gasteiger charge is 2.30. The number of aromatic nitrogens is 1. The Morgan fingerprint density at radius 2 is 2.10 bits per heavy atom. The quantitative estimate of drug-likeness (QED) is 0.721. The molecule has 0 saturated carbocycles. The number of hydrogen-bond acceptors (Lipinski definition) is 7. The molecule has 3 amide bonds. The number of carbonyl (C=O) groups is 3. The first-order chi connectivity index (χ1) is 14.7. The lowest BCUT2D eigenvalue weighted by molar-refractivity contribution is -0.120. The van der Waals surface area contributed by atoms with Crippen molar-refractivity contribution in [1.82, 2.24) is 9.88 Å². The van der Waals surface area contributed by atoms with E-state index in [0.29, 0.717) is 24.6 Å². The molecule has 3 heterocycles. The molecule has 164 valence electrons. The maximum Gasteiger partial charge on any atom is 0.410 e. The molecular weight excluding hydrogens is 436 g/mol. The van der Waals surface area contributed by atoms with Gasteiger partial charge in [-0.2, -0.15) is 0 Å². The second-order valence-electron chi connectivity index (χ2n) is 8.38. The lowest BCUT2D eigenvalue weighted by Gasteiger charge is -2.29. The minimum atomic E-state index is -0.547. The zero-order chi connectivity index (χ0) is 22.2. The third-order valence-corrected chi connectivity index (χ3v) is 6.98. The van der Waals surface area contributed by atoms with E-state index in [0.717, 1.165) is 21.2 Å². The number of hydrogen-bond donors (Lipinski definition) is 2. The lowest BCUT2D eigenvalue weighted by Crippen LogP contribution is -2.39. The highest BCUT2D eigenvalue weighted by molar-refractivity contribution is 8.01. The van der Waals surface area contributed by atoms with Gasteiger partial charge in [-0.15, -0.1) is 11.8 Å². The number of nitrogens with one attached hydrogen (secondary N) is 2. The van der Waals surface area contributed by atoms with E-state index in [1.165, 1.54) is 23.1 Å². The highest BCUT2D eigenvalue weighted by Crippen LogP contribution is 2.37. The topological polar surface area (TPSA) is 101 Å². The van der Waals surface area contributed by atoms with E-state index in [1.54, 1.807) is 4.90 Å². The third-order valence-electron chi connectivity index (χ3n) is 4.71. The number of ether oxygens (including phenoxy) is 1. The summed E-state index contributed by atoms with van der Waals surface area (Å²) in [6, 6.07) is 7.54. The average Bonchev–Trinajstić information content (AvgIpc) is 3.08. The summed E-state index contributed by atoms with van der Waals surface area (Å²) < 4.78 is 5.44. The Hall–Kier alpha value is -2.59. The van der Waals surface area contributed by atoms with Gasteiger partial charge in [0.05, 0.1) is 23.2 Å². The van der Waals surface area contributed by atoms with Crippen molar-refractivity contribution in [2.24, 2.45) is 0 Å². The second-order valence-corrected chi connectivity index (χ2v) is 10.7. The highest BCUT2D eigenvalue weighted by atomic mass is 32.2. The summed E-state index contributed by atoms with van der Waals surface area (Å²) in [5.74, 6) is -0.438. The molecule has 1 atom stereocenters. The van der Waals surface area contributed by atoms with E-state index >= 15 is 0 Å². The molecule has 2 N–H and O–H groups in total. The first-order valence-corrected chi connectivity index (χ1v) is 11.7. The van der Waals surface area contributed by atoms with Crippen molar-refractivity contribution in [2.45, 2.75) is 55.9 Å². The van der Waals surface area contributed by atoms with Gasteiger partial charge >= 0.3 is 6.09 Å². The first-order valence-electron chi connectivity index (χ1n) is 10.0. The molecule has 1 unspecified atom stereocenters. The summed E-state index contributed by atoms with van der Waals surface area (Å²) in [5, 5.41) is 5.66. The number of thioether (sulfide) groups is 1. The van der Waals surface area contributed by atoms with Crippen LogP contribution in [0.3, 0.4) is 0 Å². The van der Waals surface area contributed by atoms with Crippen LogP contribution in [0.1, 0.15) is 37.8 Å². The van der Waals surface area contributed by atoms with Crippen molar-refractivity contribution in [3.05, 3.63) is 34.8 Å². The number of carbonyl (C=O) groups excluding carboxylic acids is 3. The van der Waals surface area contributed by atoms with Gasteiger partial charge in [0.15, 0.2) is 5.13 Å². The van der Waals surface area contributed by atoms with E-state index in [1.807, 2.05) is 45.0 Å². The monoisotopic (exact) mass is 460 g/mol. The van der Waals surface area contributed by atoms with Gasteiger partial charge in [0.1, 0.15) is 5.60 Å². The largest absolute Gasteiger partial charge is 0.444 e. The molecule has 1 aromatic heterocycles. The van der Waals surface area contributed by atoms with Crippen LogP contribution in [0.15, 0.2) is 29.2 Å². The average molecular weight is 461 g/mol. The summed E-state index contributed by atoms with van der Waals surface area (Å²) in [4.78, 5) is 45.3. The third kappa shape index (κ3) is 5.19. The number of rotatable bonds is 3. The molecule has 10 heteroatoms. The molecule has 0 saturated heterocycles. The Labute approximate surface area is 188 Å². The normalized spacial score (nSPS) is 18.0. The van der Waals surface area contributed by atoms with Crippen LogP contribution >= 0.6 is 23.1 Å². The molecule has 8 nitrogen and oxygen atoms in total. The van der Waals surface area contributed by atoms with Gasteiger partial charge in [-0.1, -0.05) is 23.5 Å². The molecule has 2 aromatic rings. The molecule has 0 radical (unpaired) electrons. The molecule has 0 spiro atoms. The van der Waals surface area contributed by atoms with Crippen LogP contribution in [0.25, 0.3) is 0 Å². The summed E-state index contributed by atoms with van der Waals surface area (Å²) in [5.41, 5.74) is 1.11. The summed E-state index contributed by atoms with van der Waals surface area (Å²) in [7, 11) is 0. The van der Waals surface area contributed by atoms with Crippen LogP contribution in [-0.2, 0) is 27.3 Å². The summed E-state index contributed by atoms with van der Waals surface area (Å²) >= 11 is 2.75. The van der Waals surface area contributed by atoms with Gasteiger partial charge in [0.2, 0.25) is 11.8 Å². The predicted octanol–water partition coefficient (Wildman–Crippen LogP) is 3.88. The molecule has 0 fully saturated rings. The van der Waals surface area contributed by atoms with Crippen molar-refractivity contribution < 1.29 is 19.1 Å². The molecule has 0 aliphatic carbocycles. The van der Waals surface area contributed by atoms with Gasteiger partial charge in [0.25, 0.3) is 0 Å². The predicted molar refractivity (Wildman–Crippen MR) is 120 cm³/mol. The minimum Gasteiger partial charge on any atom is -0.444 e. The Morgan fingerprint density at radius 1 is 1.32 bits per heavy atom. The van der Waals surface area contributed by atoms with Gasteiger partial charge in [-0.3, -0.25) is 9.59 Å². The second kappa shape index (κ2) is 8.51. The van der Waals surface area contributed by atoms with Gasteiger partial charge in [0, 0.05) is 29.2 Å². The zero-order valence-electron chi connectivity index (χ0n) is 17.6. The molecule has 31 heavy (non-hydrogen) atoms. The van der Waals surface area contributed by atoms with E-state index < -0.39 is 10.9 Å². The maximum absolute atomic E-state index is 12.6. The molecule has 2 aliphatic heterocycles. The fourth-order valence-corrected chi connectivity index (χ4v) is 5.45. The van der Waals surface area contributed by atoms with Crippen LogP contribution in [0, 0.1) is 0 Å². The van der Waals surface area contributed by atoms with E-state index in [-0.39, 0.29) is 24.3 Å².